The molecule has 1 atom stereocenters. The van der Waals surface area contributed by atoms with Gasteiger partial charge in [-0.25, -0.2) is 8.42 Å². The van der Waals surface area contributed by atoms with Gasteiger partial charge in [0.25, 0.3) is 0 Å². The lowest BCUT2D eigenvalue weighted by Gasteiger charge is -2.25. The van der Waals surface area contributed by atoms with Crippen LogP contribution < -0.4 is 4.74 Å². The van der Waals surface area contributed by atoms with Crippen molar-refractivity contribution in [2.24, 2.45) is 0 Å². The van der Waals surface area contributed by atoms with E-state index in [-0.39, 0.29) is 5.37 Å². The number of nitrogens with zero attached hydrogens (tertiary/aromatic N) is 1. The monoisotopic (exact) mass is 425 g/mol. The van der Waals surface area contributed by atoms with E-state index in [2.05, 4.69) is 30.3 Å². The number of thioether (sulfide) groups is 1. The van der Waals surface area contributed by atoms with Crippen molar-refractivity contribution < 1.29 is 13.2 Å². The Bertz CT molecular complexity index is 1160. The van der Waals surface area contributed by atoms with Gasteiger partial charge in [0.15, 0.2) is 0 Å². The molecule has 0 saturated carbocycles. The van der Waals surface area contributed by atoms with Crippen molar-refractivity contribution in [1.29, 1.82) is 0 Å². The Balaban J connectivity index is 1.55. The molecule has 1 saturated heterocycles. The Hall–Kier alpha value is -2.02. The predicted octanol–water partition coefficient (Wildman–Crippen LogP) is 4.77. The zero-order valence-corrected chi connectivity index (χ0v) is 17.9. The molecule has 1 heterocycles. The van der Waals surface area contributed by atoms with Crippen LogP contribution in [0.25, 0.3) is 10.8 Å². The van der Waals surface area contributed by atoms with E-state index in [4.69, 9.17) is 4.74 Å². The summed E-state index contributed by atoms with van der Waals surface area (Å²) in [5, 5.41) is 2.33. The number of sulfonamides is 1. The van der Waals surface area contributed by atoms with Crippen molar-refractivity contribution in [1.82, 2.24) is 4.31 Å². The van der Waals surface area contributed by atoms with E-state index < -0.39 is 10.0 Å². The highest BCUT2D eigenvalue weighted by molar-refractivity contribution is 8.01. The van der Waals surface area contributed by atoms with Gasteiger partial charge < -0.3 is 4.74 Å². The normalized spacial score (nSPS) is 19.1. The summed E-state index contributed by atoms with van der Waals surface area (Å²) in [5.41, 5.74) is 3.86. The Morgan fingerprint density at radius 2 is 1.79 bits per heavy atom. The van der Waals surface area contributed by atoms with E-state index in [0.717, 1.165) is 24.2 Å². The van der Waals surface area contributed by atoms with Crippen LogP contribution in [0.3, 0.4) is 0 Å². The third-order valence-corrected chi connectivity index (χ3v) is 9.02. The summed E-state index contributed by atoms with van der Waals surface area (Å²) in [6.07, 6.45) is 2.14. The van der Waals surface area contributed by atoms with Crippen LogP contribution in [0, 0.1) is 0 Å². The SMILES string of the molecule is CCOc1ccc(S(=O)(=O)N2CCSC2c2ccc3c4c(cccc24)CC3)cc1. The Morgan fingerprint density at radius 3 is 2.55 bits per heavy atom. The van der Waals surface area contributed by atoms with Crippen molar-refractivity contribution in [3.63, 3.8) is 0 Å². The lowest BCUT2D eigenvalue weighted by atomic mass is 10.00. The maximum atomic E-state index is 13.4. The second-order valence-corrected chi connectivity index (χ2v) is 10.5. The molecule has 0 spiro atoms. The number of hydrogen-bond acceptors (Lipinski definition) is 4. The zero-order valence-electron chi connectivity index (χ0n) is 16.3. The molecule has 0 aromatic heterocycles. The molecule has 1 unspecified atom stereocenters. The van der Waals surface area contributed by atoms with E-state index in [9.17, 15) is 8.42 Å². The van der Waals surface area contributed by atoms with Crippen LogP contribution in [0.1, 0.15) is 29.0 Å². The average molecular weight is 426 g/mol. The van der Waals surface area contributed by atoms with Crippen molar-refractivity contribution in [2.75, 3.05) is 18.9 Å². The standard InChI is InChI=1S/C23H23NO3S2/c1-2-27-18-9-11-19(12-10-18)29(25,26)24-14-15-28-23(24)21-13-8-17-7-6-16-4-3-5-20(21)22(16)17/h3-5,8-13,23H,2,6-7,14-15H2,1H3. The molecular weight excluding hydrogens is 402 g/mol. The molecule has 0 radical (unpaired) electrons. The number of rotatable bonds is 5. The molecule has 29 heavy (non-hydrogen) atoms. The van der Waals surface area contributed by atoms with Gasteiger partial charge in [0.1, 0.15) is 5.75 Å². The van der Waals surface area contributed by atoms with E-state index in [1.165, 1.54) is 21.9 Å². The topological polar surface area (TPSA) is 46.6 Å². The second kappa shape index (κ2) is 7.35. The van der Waals surface area contributed by atoms with Crippen molar-refractivity contribution in [2.45, 2.75) is 30.0 Å². The lowest BCUT2D eigenvalue weighted by molar-refractivity contribution is 0.340. The van der Waals surface area contributed by atoms with Gasteiger partial charge >= 0.3 is 0 Å². The summed E-state index contributed by atoms with van der Waals surface area (Å²) in [5.74, 6) is 1.48. The molecule has 1 aliphatic carbocycles. The minimum atomic E-state index is -3.58. The predicted molar refractivity (Wildman–Crippen MR) is 118 cm³/mol. The lowest BCUT2D eigenvalue weighted by Crippen LogP contribution is -2.30. The first-order valence-corrected chi connectivity index (χ1v) is 12.5. The van der Waals surface area contributed by atoms with E-state index >= 15 is 0 Å². The first-order chi connectivity index (χ1) is 14.1. The number of benzene rings is 3. The van der Waals surface area contributed by atoms with Crippen LogP contribution in [0.2, 0.25) is 0 Å². The van der Waals surface area contributed by atoms with Crippen LogP contribution in [0.15, 0.2) is 59.5 Å². The Labute approximate surface area is 175 Å². The molecule has 0 amide bonds. The maximum Gasteiger partial charge on any atom is 0.244 e. The second-order valence-electron chi connectivity index (χ2n) is 7.40. The number of hydrogen-bond donors (Lipinski definition) is 0. The fourth-order valence-corrected chi connectivity index (χ4v) is 7.71. The van der Waals surface area contributed by atoms with Crippen molar-refractivity contribution in [3.05, 3.63) is 71.3 Å². The van der Waals surface area contributed by atoms with Crippen LogP contribution in [-0.2, 0) is 22.9 Å². The number of ether oxygens (including phenoxy) is 1. The minimum Gasteiger partial charge on any atom is -0.494 e. The largest absolute Gasteiger partial charge is 0.494 e. The number of aryl methyl sites for hydroxylation is 2. The summed E-state index contributed by atoms with van der Waals surface area (Å²) in [6, 6.07) is 17.5. The molecular formula is C23H23NO3S2. The van der Waals surface area contributed by atoms with Gasteiger partial charge in [-0.1, -0.05) is 30.3 Å². The van der Waals surface area contributed by atoms with Crippen LogP contribution in [0.5, 0.6) is 5.75 Å². The molecule has 0 N–H and O–H groups in total. The molecule has 0 bridgehead atoms. The van der Waals surface area contributed by atoms with Gasteiger partial charge in [0.2, 0.25) is 10.0 Å². The summed E-state index contributed by atoms with van der Waals surface area (Å²) < 4.78 is 34.0. The highest BCUT2D eigenvalue weighted by Gasteiger charge is 2.38. The molecule has 3 aromatic rings. The first-order valence-electron chi connectivity index (χ1n) is 9.99. The van der Waals surface area contributed by atoms with E-state index in [1.807, 2.05) is 6.92 Å². The Kier molecular flexibility index (Phi) is 4.81. The summed E-state index contributed by atoms with van der Waals surface area (Å²) in [4.78, 5) is 0.319. The molecule has 6 heteroatoms. The summed E-state index contributed by atoms with van der Waals surface area (Å²) in [6.45, 7) is 2.99. The zero-order chi connectivity index (χ0) is 20.0. The Morgan fingerprint density at radius 1 is 1.03 bits per heavy atom. The molecule has 150 valence electrons. The van der Waals surface area contributed by atoms with Crippen molar-refractivity contribution in [3.8, 4) is 5.75 Å². The molecule has 1 fully saturated rings. The average Bonchev–Trinajstić information content (AvgIpc) is 3.38. The van der Waals surface area contributed by atoms with Gasteiger partial charge in [0.05, 0.1) is 16.9 Å². The molecule has 2 aliphatic rings. The van der Waals surface area contributed by atoms with Gasteiger partial charge in [-0.3, -0.25) is 0 Å². The quantitative estimate of drug-likeness (QED) is 0.591. The molecule has 1 aliphatic heterocycles. The third kappa shape index (κ3) is 3.14. The van der Waals surface area contributed by atoms with Crippen LogP contribution >= 0.6 is 11.8 Å². The van der Waals surface area contributed by atoms with Gasteiger partial charge in [-0.2, -0.15) is 4.31 Å². The van der Waals surface area contributed by atoms with Gasteiger partial charge in [-0.05, 0) is 71.5 Å². The minimum absolute atomic E-state index is 0.198. The maximum absolute atomic E-state index is 13.4. The molecule has 5 rings (SSSR count). The van der Waals surface area contributed by atoms with Gasteiger partial charge in [-0.15, -0.1) is 11.8 Å². The first kappa shape index (κ1) is 19.0. The van der Waals surface area contributed by atoms with Gasteiger partial charge in [0, 0.05) is 12.3 Å². The third-order valence-electron chi connectivity index (χ3n) is 5.77. The van der Waals surface area contributed by atoms with E-state index in [1.54, 1.807) is 40.3 Å². The fourth-order valence-electron chi connectivity index (χ4n) is 4.44. The fraction of sp³-hybridized carbons (Fsp3) is 0.304. The highest BCUT2D eigenvalue weighted by Crippen LogP contribution is 2.45. The summed E-state index contributed by atoms with van der Waals surface area (Å²) in [7, 11) is -3.58. The van der Waals surface area contributed by atoms with E-state index in [0.29, 0.717) is 23.8 Å². The van der Waals surface area contributed by atoms with Crippen LogP contribution in [-0.4, -0.2) is 31.6 Å². The highest BCUT2D eigenvalue weighted by atomic mass is 32.2. The van der Waals surface area contributed by atoms with Crippen molar-refractivity contribution >= 4 is 32.6 Å². The summed E-state index contributed by atoms with van der Waals surface area (Å²) >= 11 is 1.71. The molecule has 4 nitrogen and oxygen atoms in total. The molecule has 3 aromatic carbocycles. The van der Waals surface area contributed by atoms with Crippen LogP contribution in [0.4, 0.5) is 0 Å². The smallest absolute Gasteiger partial charge is 0.244 e.